The van der Waals surface area contributed by atoms with Gasteiger partial charge >= 0.3 is 5.97 Å². The van der Waals surface area contributed by atoms with E-state index in [1.165, 1.54) is 13.0 Å². The Bertz CT molecular complexity index is 243. The van der Waals surface area contributed by atoms with Gasteiger partial charge in [0.15, 0.2) is 5.54 Å². The van der Waals surface area contributed by atoms with Crippen LogP contribution in [-0.2, 0) is 4.79 Å². The van der Waals surface area contributed by atoms with E-state index in [4.69, 9.17) is 16.6 Å². The molecule has 0 heterocycles. The van der Waals surface area contributed by atoms with E-state index in [1.807, 2.05) is 0 Å². The van der Waals surface area contributed by atoms with Gasteiger partial charge in [0, 0.05) is 13.0 Å². The number of carboxylic acids is 1. The number of rotatable bonds is 5. The van der Waals surface area contributed by atoms with Gasteiger partial charge in [0.25, 0.3) is 6.43 Å². The standard InChI is InChI=1S/C8H14F2N2O2/c1-5(2-3-11)4-8(12,6(9)10)7(13)14/h2,6H,3-4,11-12H2,1H3,(H,13,14)/b5-2+. The number of halogens is 2. The zero-order valence-electron chi connectivity index (χ0n) is 7.84. The van der Waals surface area contributed by atoms with Crippen LogP contribution in [0.2, 0.25) is 0 Å². The quantitative estimate of drug-likeness (QED) is 0.568. The van der Waals surface area contributed by atoms with Gasteiger partial charge < -0.3 is 16.6 Å². The van der Waals surface area contributed by atoms with E-state index in [9.17, 15) is 13.6 Å². The van der Waals surface area contributed by atoms with Crippen LogP contribution in [0, 0.1) is 0 Å². The molecule has 0 fully saturated rings. The molecule has 6 heteroatoms. The summed E-state index contributed by atoms with van der Waals surface area (Å²) in [7, 11) is 0. The Labute approximate surface area is 80.6 Å². The second kappa shape index (κ2) is 5.02. The number of hydrogen-bond donors (Lipinski definition) is 3. The van der Waals surface area contributed by atoms with Crippen LogP contribution in [0.5, 0.6) is 0 Å². The largest absolute Gasteiger partial charge is 0.480 e. The lowest BCUT2D eigenvalue weighted by Gasteiger charge is -2.23. The summed E-state index contributed by atoms with van der Waals surface area (Å²) in [6.45, 7) is 1.69. The molecule has 1 atom stereocenters. The summed E-state index contributed by atoms with van der Waals surface area (Å²) in [6, 6.07) is 0. The summed E-state index contributed by atoms with van der Waals surface area (Å²) in [5, 5.41) is 8.56. The van der Waals surface area contributed by atoms with Crippen LogP contribution in [0.15, 0.2) is 11.6 Å². The maximum absolute atomic E-state index is 12.4. The highest BCUT2D eigenvalue weighted by molar-refractivity contribution is 5.79. The summed E-state index contributed by atoms with van der Waals surface area (Å²) in [4.78, 5) is 10.5. The van der Waals surface area contributed by atoms with E-state index in [-0.39, 0.29) is 6.54 Å². The van der Waals surface area contributed by atoms with E-state index in [0.717, 1.165) is 0 Å². The van der Waals surface area contributed by atoms with Crippen LogP contribution in [0.3, 0.4) is 0 Å². The molecule has 0 radical (unpaired) electrons. The Balaban J connectivity index is 4.70. The molecular weight excluding hydrogens is 194 g/mol. The molecule has 0 aliphatic rings. The summed E-state index contributed by atoms with van der Waals surface area (Å²) >= 11 is 0. The van der Waals surface area contributed by atoms with Crippen molar-refractivity contribution < 1.29 is 18.7 Å². The van der Waals surface area contributed by atoms with E-state index in [2.05, 4.69) is 0 Å². The van der Waals surface area contributed by atoms with Crippen molar-refractivity contribution in [2.45, 2.75) is 25.3 Å². The third-order valence-electron chi connectivity index (χ3n) is 1.83. The summed E-state index contributed by atoms with van der Waals surface area (Å²) in [5.41, 5.74) is 8.16. The van der Waals surface area contributed by atoms with Crippen LogP contribution in [0.25, 0.3) is 0 Å². The van der Waals surface area contributed by atoms with Crippen molar-refractivity contribution in [2.75, 3.05) is 6.54 Å². The molecule has 0 spiro atoms. The highest BCUT2D eigenvalue weighted by atomic mass is 19.3. The van der Waals surface area contributed by atoms with E-state index in [0.29, 0.717) is 5.57 Å². The monoisotopic (exact) mass is 208 g/mol. The maximum Gasteiger partial charge on any atom is 0.330 e. The van der Waals surface area contributed by atoms with Gasteiger partial charge in [0.2, 0.25) is 0 Å². The van der Waals surface area contributed by atoms with Gasteiger partial charge in [-0.2, -0.15) is 0 Å². The van der Waals surface area contributed by atoms with Crippen molar-refractivity contribution in [1.29, 1.82) is 0 Å². The molecule has 0 saturated carbocycles. The number of nitrogens with two attached hydrogens (primary N) is 2. The molecule has 14 heavy (non-hydrogen) atoms. The fraction of sp³-hybridized carbons (Fsp3) is 0.625. The van der Waals surface area contributed by atoms with Crippen molar-refractivity contribution in [3.8, 4) is 0 Å². The smallest absolute Gasteiger partial charge is 0.330 e. The lowest BCUT2D eigenvalue weighted by atomic mass is 9.92. The number of carbonyl (C=O) groups is 1. The lowest BCUT2D eigenvalue weighted by Crippen LogP contribution is -2.54. The van der Waals surface area contributed by atoms with Gasteiger partial charge in [0.05, 0.1) is 0 Å². The normalized spacial score (nSPS) is 16.9. The summed E-state index contributed by atoms with van der Waals surface area (Å²) in [6.07, 6.45) is -2.05. The van der Waals surface area contributed by atoms with E-state index < -0.39 is 24.4 Å². The molecule has 0 saturated heterocycles. The number of carboxylic acid groups (broad SMARTS) is 1. The molecule has 5 N–H and O–H groups in total. The minimum Gasteiger partial charge on any atom is -0.480 e. The van der Waals surface area contributed by atoms with Gasteiger partial charge in [0.1, 0.15) is 0 Å². The second-order valence-electron chi connectivity index (χ2n) is 3.11. The summed E-state index contributed by atoms with van der Waals surface area (Å²) in [5.74, 6) is -1.71. The van der Waals surface area contributed by atoms with E-state index in [1.54, 1.807) is 0 Å². The Hall–Kier alpha value is -1.01. The van der Waals surface area contributed by atoms with Gasteiger partial charge in [-0.3, -0.25) is 0 Å². The van der Waals surface area contributed by atoms with Crippen LogP contribution < -0.4 is 11.5 Å². The molecule has 0 aliphatic heterocycles. The summed E-state index contributed by atoms with van der Waals surface area (Å²) < 4.78 is 24.7. The Morgan fingerprint density at radius 2 is 2.14 bits per heavy atom. The zero-order valence-corrected chi connectivity index (χ0v) is 7.84. The van der Waals surface area contributed by atoms with Gasteiger partial charge in [-0.05, 0) is 6.92 Å². The molecule has 0 rings (SSSR count). The average molecular weight is 208 g/mol. The second-order valence-corrected chi connectivity index (χ2v) is 3.11. The minimum atomic E-state index is -3.11. The van der Waals surface area contributed by atoms with Crippen molar-refractivity contribution in [3.05, 3.63) is 11.6 Å². The zero-order chi connectivity index (χ0) is 11.4. The van der Waals surface area contributed by atoms with Crippen molar-refractivity contribution in [2.24, 2.45) is 11.5 Å². The number of alkyl halides is 2. The molecular formula is C8H14F2N2O2. The van der Waals surface area contributed by atoms with E-state index >= 15 is 0 Å². The molecule has 0 aromatic heterocycles. The minimum absolute atomic E-state index is 0.171. The van der Waals surface area contributed by atoms with Gasteiger partial charge in [-0.25, -0.2) is 13.6 Å². The lowest BCUT2D eigenvalue weighted by molar-refractivity contribution is -0.149. The SMILES string of the molecule is C/C(=C\CN)CC(N)(C(=O)O)C(F)F. The fourth-order valence-electron chi connectivity index (χ4n) is 0.981. The predicted molar refractivity (Wildman–Crippen MR) is 48.0 cm³/mol. The van der Waals surface area contributed by atoms with Crippen molar-refractivity contribution in [1.82, 2.24) is 0 Å². The highest BCUT2D eigenvalue weighted by Crippen LogP contribution is 2.21. The molecule has 0 bridgehead atoms. The third kappa shape index (κ3) is 3.04. The molecule has 0 aromatic carbocycles. The predicted octanol–water partition coefficient (Wildman–Crippen LogP) is 0.329. The Morgan fingerprint density at radius 1 is 1.64 bits per heavy atom. The molecule has 0 aliphatic carbocycles. The topological polar surface area (TPSA) is 89.3 Å². The highest BCUT2D eigenvalue weighted by Gasteiger charge is 2.43. The Morgan fingerprint density at radius 3 is 2.43 bits per heavy atom. The number of aliphatic carboxylic acids is 1. The fourth-order valence-corrected chi connectivity index (χ4v) is 0.981. The average Bonchev–Trinajstić information content (AvgIpc) is 2.03. The number of hydrogen-bond acceptors (Lipinski definition) is 3. The van der Waals surface area contributed by atoms with Crippen LogP contribution >= 0.6 is 0 Å². The van der Waals surface area contributed by atoms with Crippen molar-refractivity contribution >= 4 is 5.97 Å². The molecule has 0 amide bonds. The molecule has 4 nitrogen and oxygen atoms in total. The first-order valence-corrected chi connectivity index (χ1v) is 4.00. The van der Waals surface area contributed by atoms with Crippen LogP contribution in [-0.4, -0.2) is 29.6 Å². The molecule has 82 valence electrons. The van der Waals surface area contributed by atoms with Crippen LogP contribution in [0.4, 0.5) is 8.78 Å². The van der Waals surface area contributed by atoms with Crippen LogP contribution in [0.1, 0.15) is 13.3 Å². The van der Waals surface area contributed by atoms with Gasteiger partial charge in [-0.15, -0.1) is 0 Å². The molecule has 1 unspecified atom stereocenters. The maximum atomic E-state index is 12.4. The van der Waals surface area contributed by atoms with Gasteiger partial charge in [-0.1, -0.05) is 11.6 Å². The van der Waals surface area contributed by atoms with Crippen molar-refractivity contribution in [3.63, 3.8) is 0 Å². The first-order chi connectivity index (χ1) is 6.34. The first kappa shape index (κ1) is 13.0. The first-order valence-electron chi connectivity index (χ1n) is 4.00. The Kier molecular flexibility index (Phi) is 4.65. The molecule has 0 aromatic rings. The third-order valence-corrected chi connectivity index (χ3v) is 1.83.